The lowest BCUT2D eigenvalue weighted by molar-refractivity contribution is 0.0465. The van der Waals surface area contributed by atoms with Gasteiger partial charge in [0, 0.05) is 24.8 Å². The topological polar surface area (TPSA) is 88.7 Å². The van der Waals surface area contributed by atoms with Crippen LogP contribution in [0.25, 0.3) is 0 Å². The number of rotatable bonds is 4. The van der Waals surface area contributed by atoms with Gasteiger partial charge in [-0.3, -0.25) is 9.78 Å². The number of carbonyl (C=O) groups excluding carboxylic acids is 1. The van der Waals surface area contributed by atoms with Crippen molar-refractivity contribution in [2.75, 3.05) is 13.1 Å². The monoisotopic (exact) mass is 317 g/mol. The van der Waals surface area contributed by atoms with Crippen LogP contribution < -0.4 is 4.74 Å². The Balaban J connectivity index is 1.59. The van der Waals surface area contributed by atoms with Crippen molar-refractivity contribution in [3.8, 4) is 5.75 Å². The molecule has 0 aromatic carbocycles. The molecule has 1 amide bonds. The van der Waals surface area contributed by atoms with E-state index < -0.39 is 6.10 Å². The predicted octanol–water partition coefficient (Wildman–Crippen LogP) is 1.55. The molecule has 1 aliphatic rings. The lowest BCUT2D eigenvalue weighted by Crippen LogP contribution is -2.42. The number of hydrogen-bond acceptors (Lipinski definition) is 6. The third-order valence-corrected chi connectivity index (χ3v) is 3.73. The number of aryl methyl sites for hydroxylation is 1. The predicted molar refractivity (Wildman–Crippen MR) is 81.0 cm³/mol. The number of aliphatic hydroxyl groups excluding tert-OH is 1. The van der Waals surface area contributed by atoms with Gasteiger partial charge in [0.25, 0.3) is 5.91 Å². The number of carbonyl (C=O) groups is 1. The Hall–Kier alpha value is -2.41. The highest BCUT2D eigenvalue weighted by molar-refractivity contribution is 5.92. The van der Waals surface area contributed by atoms with Crippen molar-refractivity contribution in [2.45, 2.75) is 32.5 Å². The lowest BCUT2D eigenvalue weighted by atomic mass is 10.1. The highest BCUT2D eigenvalue weighted by Crippen LogP contribution is 2.16. The van der Waals surface area contributed by atoms with Gasteiger partial charge in [0.2, 0.25) is 0 Å². The molecule has 2 aromatic rings. The number of β-amino-alcohol motifs (C(OH)–C–C–N with tert-alkyl or cyclic N) is 1. The van der Waals surface area contributed by atoms with Crippen LogP contribution in [-0.4, -0.2) is 45.2 Å². The van der Waals surface area contributed by atoms with Gasteiger partial charge in [0.15, 0.2) is 11.5 Å². The molecular weight excluding hydrogens is 298 g/mol. The number of pyridine rings is 1. The Kier molecular flexibility index (Phi) is 4.57. The second kappa shape index (κ2) is 6.78. The van der Waals surface area contributed by atoms with Gasteiger partial charge < -0.3 is 19.3 Å². The average molecular weight is 317 g/mol. The van der Waals surface area contributed by atoms with E-state index in [4.69, 9.17) is 9.26 Å². The number of likely N-dealkylation sites (tertiary alicyclic amines) is 1. The van der Waals surface area contributed by atoms with Gasteiger partial charge in [-0.2, -0.15) is 0 Å². The Bertz CT molecular complexity index is 668. The van der Waals surface area contributed by atoms with Gasteiger partial charge in [-0.1, -0.05) is 5.16 Å². The summed E-state index contributed by atoms with van der Waals surface area (Å²) in [5.74, 6) is 0.862. The van der Waals surface area contributed by atoms with Crippen molar-refractivity contribution in [1.82, 2.24) is 15.0 Å². The van der Waals surface area contributed by atoms with Crippen molar-refractivity contribution in [2.24, 2.45) is 0 Å². The molecule has 0 unspecified atom stereocenters. The minimum atomic E-state index is -0.462. The number of aromatic nitrogens is 2. The molecule has 7 heteroatoms. The molecule has 3 rings (SSSR count). The summed E-state index contributed by atoms with van der Waals surface area (Å²) in [4.78, 5) is 18.0. The summed E-state index contributed by atoms with van der Waals surface area (Å²) in [6, 6.07) is 5.25. The molecule has 0 bridgehead atoms. The number of hydrogen-bond donors (Lipinski definition) is 1. The number of piperidine rings is 1. The van der Waals surface area contributed by atoms with Crippen molar-refractivity contribution in [1.29, 1.82) is 0 Å². The summed E-state index contributed by atoms with van der Waals surface area (Å²) in [7, 11) is 0. The molecule has 1 fully saturated rings. The SMILES string of the molecule is Cc1ccc(OCc2cc(C(=O)N3CCC[C@@H](O)C3)no2)cn1. The number of amides is 1. The zero-order valence-electron chi connectivity index (χ0n) is 12.9. The fraction of sp³-hybridized carbons (Fsp3) is 0.438. The normalized spacial score (nSPS) is 18.0. The fourth-order valence-corrected chi connectivity index (χ4v) is 2.48. The van der Waals surface area contributed by atoms with E-state index in [2.05, 4.69) is 10.1 Å². The summed E-state index contributed by atoms with van der Waals surface area (Å²) >= 11 is 0. The summed E-state index contributed by atoms with van der Waals surface area (Å²) in [5, 5.41) is 13.4. The molecule has 0 saturated carbocycles. The second-order valence-corrected chi connectivity index (χ2v) is 5.65. The molecular formula is C16H19N3O4. The first-order valence-electron chi connectivity index (χ1n) is 7.60. The maximum absolute atomic E-state index is 12.3. The molecule has 0 spiro atoms. The van der Waals surface area contributed by atoms with Gasteiger partial charge in [-0.05, 0) is 31.9 Å². The third-order valence-electron chi connectivity index (χ3n) is 3.73. The highest BCUT2D eigenvalue weighted by atomic mass is 16.5. The molecule has 1 saturated heterocycles. The average Bonchev–Trinajstić information content (AvgIpc) is 3.02. The van der Waals surface area contributed by atoms with Crippen molar-refractivity contribution in [3.05, 3.63) is 41.5 Å². The van der Waals surface area contributed by atoms with Crippen LogP contribution in [0, 0.1) is 6.92 Å². The van der Waals surface area contributed by atoms with E-state index in [1.54, 1.807) is 17.2 Å². The van der Waals surface area contributed by atoms with Crippen molar-refractivity contribution in [3.63, 3.8) is 0 Å². The van der Waals surface area contributed by atoms with Gasteiger partial charge in [0.05, 0.1) is 12.3 Å². The molecule has 23 heavy (non-hydrogen) atoms. The zero-order valence-corrected chi connectivity index (χ0v) is 12.9. The lowest BCUT2D eigenvalue weighted by Gasteiger charge is -2.29. The van der Waals surface area contributed by atoms with E-state index in [0.717, 1.165) is 18.5 Å². The van der Waals surface area contributed by atoms with Crippen molar-refractivity contribution < 1.29 is 19.2 Å². The quantitative estimate of drug-likeness (QED) is 0.920. The highest BCUT2D eigenvalue weighted by Gasteiger charge is 2.25. The van der Waals surface area contributed by atoms with E-state index >= 15 is 0 Å². The van der Waals surface area contributed by atoms with Crippen LogP contribution in [-0.2, 0) is 6.61 Å². The van der Waals surface area contributed by atoms with Crippen LogP contribution in [0.4, 0.5) is 0 Å². The summed E-state index contributed by atoms with van der Waals surface area (Å²) in [6.45, 7) is 3.04. The van der Waals surface area contributed by atoms with E-state index in [9.17, 15) is 9.90 Å². The van der Waals surface area contributed by atoms with Crippen LogP contribution in [0.3, 0.4) is 0 Å². The smallest absolute Gasteiger partial charge is 0.276 e. The molecule has 2 aromatic heterocycles. The van der Waals surface area contributed by atoms with Crippen LogP contribution in [0.2, 0.25) is 0 Å². The van der Waals surface area contributed by atoms with Crippen molar-refractivity contribution >= 4 is 5.91 Å². The number of ether oxygens (including phenoxy) is 1. The molecule has 1 N–H and O–H groups in total. The van der Waals surface area contributed by atoms with Crippen LogP contribution in [0.15, 0.2) is 28.9 Å². The Morgan fingerprint density at radius 2 is 2.39 bits per heavy atom. The number of aliphatic hydroxyl groups is 1. The van der Waals surface area contributed by atoms with E-state index in [-0.39, 0.29) is 18.2 Å². The largest absolute Gasteiger partial charge is 0.484 e. The zero-order chi connectivity index (χ0) is 16.2. The van der Waals surface area contributed by atoms with Gasteiger partial charge in [-0.15, -0.1) is 0 Å². The Labute approximate surface area is 133 Å². The van der Waals surface area contributed by atoms with Gasteiger partial charge >= 0.3 is 0 Å². The third kappa shape index (κ3) is 3.87. The van der Waals surface area contributed by atoms with Gasteiger partial charge in [0.1, 0.15) is 12.4 Å². The van der Waals surface area contributed by atoms with E-state index in [1.807, 2.05) is 19.1 Å². The Morgan fingerprint density at radius 1 is 1.52 bits per heavy atom. The first kappa shape index (κ1) is 15.5. The summed E-state index contributed by atoms with van der Waals surface area (Å²) in [6.07, 6.45) is 2.69. The van der Waals surface area contributed by atoms with Crippen LogP contribution >= 0.6 is 0 Å². The van der Waals surface area contributed by atoms with Gasteiger partial charge in [-0.25, -0.2) is 0 Å². The first-order chi connectivity index (χ1) is 11.1. The van der Waals surface area contributed by atoms with E-state index in [1.165, 1.54) is 0 Å². The van der Waals surface area contributed by atoms with Crippen LogP contribution in [0.5, 0.6) is 5.75 Å². The van der Waals surface area contributed by atoms with E-state index in [0.29, 0.717) is 24.6 Å². The first-order valence-corrected chi connectivity index (χ1v) is 7.60. The molecule has 7 nitrogen and oxygen atoms in total. The molecule has 0 radical (unpaired) electrons. The molecule has 122 valence electrons. The minimum absolute atomic E-state index is 0.174. The summed E-state index contributed by atoms with van der Waals surface area (Å²) in [5.41, 5.74) is 1.15. The number of nitrogens with zero attached hydrogens (tertiary/aromatic N) is 3. The maximum atomic E-state index is 12.3. The molecule has 1 atom stereocenters. The summed E-state index contributed by atoms with van der Waals surface area (Å²) < 4.78 is 10.7. The minimum Gasteiger partial charge on any atom is -0.484 e. The molecule has 3 heterocycles. The van der Waals surface area contributed by atoms with Crippen LogP contribution in [0.1, 0.15) is 34.8 Å². The second-order valence-electron chi connectivity index (χ2n) is 5.65. The maximum Gasteiger partial charge on any atom is 0.276 e. The standard InChI is InChI=1S/C16H19N3O4/c1-11-4-5-13(8-17-11)22-10-14-7-15(18-23-14)16(21)19-6-2-3-12(20)9-19/h4-5,7-8,12,20H,2-3,6,9-10H2,1H3/t12-/m1/s1. The molecule has 1 aliphatic heterocycles. The molecule has 0 aliphatic carbocycles. The fourth-order valence-electron chi connectivity index (χ4n) is 2.48. The Morgan fingerprint density at radius 3 is 3.13 bits per heavy atom.